The Morgan fingerprint density at radius 3 is 2.67 bits per heavy atom. The average Bonchev–Trinajstić information content (AvgIpc) is 2.28. The summed E-state index contributed by atoms with van der Waals surface area (Å²) in [5.41, 5.74) is -0.518. The molecule has 96 valence electrons. The molecule has 1 aromatic rings. The first-order chi connectivity index (χ1) is 8.38. The number of hydrogen-bond acceptors (Lipinski definition) is 4. The highest BCUT2D eigenvalue weighted by molar-refractivity contribution is 7.89. The van der Waals surface area contributed by atoms with Crippen molar-refractivity contribution in [2.45, 2.75) is 11.3 Å². The van der Waals surface area contributed by atoms with Crippen LogP contribution in [-0.2, 0) is 10.0 Å². The van der Waals surface area contributed by atoms with Crippen molar-refractivity contribution in [3.05, 3.63) is 34.1 Å². The molecule has 0 fully saturated rings. The topological polar surface area (TPSA) is 89.3 Å². The highest BCUT2D eigenvalue weighted by Crippen LogP contribution is 2.20. The summed E-state index contributed by atoms with van der Waals surface area (Å²) in [7, 11) is -4.05. The third-order valence-electron chi connectivity index (χ3n) is 1.98. The van der Waals surface area contributed by atoms with Crippen molar-refractivity contribution in [3.63, 3.8) is 0 Å². The van der Waals surface area contributed by atoms with Crippen LogP contribution in [0.2, 0.25) is 0 Å². The largest absolute Gasteiger partial charge is 0.272 e. The summed E-state index contributed by atoms with van der Waals surface area (Å²) in [6.45, 7) is -0.0325. The van der Waals surface area contributed by atoms with E-state index in [1.807, 2.05) is 0 Å². The Morgan fingerprint density at radius 1 is 1.50 bits per heavy atom. The minimum atomic E-state index is -4.05. The summed E-state index contributed by atoms with van der Waals surface area (Å²) in [5, 5.41) is 10.4. The van der Waals surface area contributed by atoms with Crippen molar-refractivity contribution in [1.82, 2.24) is 4.72 Å². The molecule has 0 bridgehead atoms. The fourth-order valence-corrected chi connectivity index (χ4v) is 2.25. The molecular formula is C10H9FN2O4S. The molecule has 0 aliphatic rings. The fourth-order valence-electron chi connectivity index (χ4n) is 1.16. The van der Waals surface area contributed by atoms with Gasteiger partial charge in [-0.3, -0.25) is 10.1 Å². The molecule has 0 radical (unpaired) electrons. The van der Waals surface area contributed by atoms with E-state index in [0.717, 1.165) is 12.1 Å². The normalized spacial score (nSPS) is 10.9. The van der Waals surface area contributed by atoms with E-state index >= 15 is 0 Å². The van der Waals surface area contributed by atoms with E-state index in [2.05, 4.69) is 10.6 Å². The zero-order valence-electron chi connectivity index (χ0n) is 9.09. The maximum absolute atomic E-state index is 13.5. The third kappa shape index (κ3) is 3.26. The molecule has 0 unspecified atom stereocenters. The molecule has 1 aromatic carbocycles. The van der Waals surface area contributed by atoms with Gasteiger partial charge in [-0.05, 0) is 6.07 Å². The van der Waals surface area contributed by atoms with Crippen LogP contribution in [0.15, 0.2) is 23.1 Å². The predicted molar refractivity (Wildman–Crippen MR) is 61.7 cm³/mol. The van der Waals surface area contributed by atoms with Gasteiger partial charge in [0.05, 0.1) is 11.0 Å². The van der Waals surface area contributed by atoms with Gasteiger partial charge >= 0.3 is 0 Å². The van der Waals surface area contributed by atoms with Gasteiger partial charge in [-0.2, -0.15) is 0 Å². The zero-order chi connectivity index (χ0) is 13.8. The van der Waals surface area contributed by atoms with Crippen LogP contribution in [0.4, 0.5) is 10.1 Å². The number of halogens is 1. The predicted octanol–water partition coefficient (Wildman–Crippen LogP) is 1.04. The van der Waals surface area contributed by atoms with Crippen LogP contribution in [0.3, 0.4) is 0 Å². The van der Waals surface area contributed by atoms with Gasteiger partial charge in [0.2, 0.25) is 10.0 Å². The number of rotatable bonds is 5. The monoisotopic (exact) mass is 272 g/mol. The van der Waals surface area contributed by atoms with E-state index in [-0.39, 0.29) is 13.0 Å². The Balaban J connectivity index is 3.03. The van der Waals surface area contributed by atoms with E-state index < -0.39 is 31.3 Å². The lowest BCUT2D eigenvalue weighted by atomic mass is 10.3. The van der Waals surface area contributed by atoms with Crippen LogP contribution in [0.5, 0.6) is 0 Å². The van der Waals surface area contributed by atoms with Crippen molar-refractivity contribution >= 4 is 15.7 Å². The molecule has 0 atom stereocenters. The number of non-ortho nitro benzene ring substituents is 1. The Bertz CT molecular complexity index is 607. The molecule has 6 nitrogen and oxygen atoms in total. The first-order valence-electron chi connectivity index (χ1n) is 4.75. The van der Waals surface area contributed by atoms with Crippen LogP contribution < -0.4 is 4.72 Å². The minimum absolute atomic E-state index is 0.0325. The Morgan fingerprint density at radius 2 is 2.17 bits per heavy atom. The molecule has 0 aliphatic heterocycles. The second kappa shape index (κ2) is 5.57. The highest BCUT2D eigenvalue weighted by Gasteiger charge is 2.20. The summed E-state index contributed by atoms with van der Waals surface area (Å²) >= 11 is 0. The smallest absolute Gasteiger partial charge is 0.258 e. The van der Waals surface area contributed by atoms with Crippen molar-refractivity contribution in [2.75, 3.05) is 6.54 Å². The summed E-state index contributed by atoms with van der Waals surface area (Å²) in [4.78, 5) is 8.91. The lowest BCUT2D eigenvalue weighted by Crippen LogP contribution is -2.25. The fraction of sp³-hybridized carbons (Fsp3) is 0.200. The number of hydrogen-bond donors (Lipinski definition) is 1. The number of sulfonamides is 1. The van der Waals surface area contributed by atoms with E-state index in [1.165, 1.54) is 0 Å². The minimum Gasteiger partial charge on any atom is -0.258 e. The second-order valence-corrected chi connectivity index (χ2v) is 4.96. The average molecular weight is 272 g/mol. The van der Waals surface area contributed by atoms with Gasteiger partial charge in [-0.15, -0.1) is 12.3 Å². The summed E-state index contributed by atoms with van der Waals surface area (Å²) in [5.74, 6) is 1.04. The first-order valence-corrected chi connectivity index (χ1v) is 6.24. The van der Waals surface area contributed by atoms with Gasteiger partial charge in [0, 0.05) is 19.0 Å². The first kappa shape index (κ1) is 14.1. The number of nitro benzene ring substituents is 1. The quantitative estimate of drug-likeness (QED) is 0.375. The van der Waals surface area contributed by atoms with Crippen molar-refractivity contribution in [3.8, 4) is 12.3 Å². The van der Waals surface area contributed by atoms with Crippen LogP contribution in [0, 0.1) is 28.3 Å². The molecule has 0 aromatic heterocycles. The molecule has 0 saturated heterocycles. The van der Waals surface area contributed by atoms with Crippen molar-refractivity contribution in [1.29, 1.82) is 0 Å². The Kier molecular flexibility index (Phi) is 4.36. The van der Waals surface area contributed by atoms with Crippen LogP contribution in [0.1, 0.15) is 6.42 Å². The number of benzene rings is 1. The standard InChI is InChI=1S/C10H9FN2O4S/c1-2-3-6-12-18(16,17)10-5-4-8(13(14)15)7-9(10)11/h1,4-5,7,12H,3,6H2. The van der Waals surface area contributed by atoms with E-state index in [4.69, 9.17) is 6.42 Å². The zero-order valence-corrected chi connectivity index (χ0v) is 9.91. The summed E-state index contributed by atoms with van der Waals surface area (Å²) in [6.07, 6.45) is 5.11. The number of terminal acetylenes is 1. The molecule has 0 heterocycles. The van der Waals surface area contributed by atoms with E-state index in [9.17, 15) is 22.9 Å². The van der Waals surface area contributed by atoms with Gasteiger partial charge < -0.3 is 0 Å². The Hall–Kier alpha value is -1.98. The molecule has 0 aliphatic carbocycles. The molecular weight excluding hydrogens is 263 g/mol. The maximum Gasteiger partial charge on any atom is 0.272 e. The highest BCUT2D eigenvalue weighted by atomic mass is 32.2. The van der Waals surface area contributed by atoms with E-state index in [0.29, 0.717) is 6.07 Å². The SMILES string of the molecule is C#CCCNS(=O)(=O)c1ccc([N+](=O)[O-])cc1F. The van der Waals surface area contributed by atoms with Crippen LogP contribution in [-0.4, -0.2) is 19.9 Å². The maximum atomic E-state index is 13.5. The van der Waals surface area contributed by atoms with Gasteiger partial charge in [0.15, 0.2) is 0 Å². The summed E-state index contributed by atoms with van der Waals surface area (Å²) in [6, 6.07) is 2.31. The molecule has 0 saturated carbocycles. The molecule has 18 heavy (non-hydrogen) atoms. The van der Waals surface area contributed by atoms with Gasteiger partial charge in [0.1, 0.15) is 10.7 Å². The number of nitrogens with one attached hydrogen (secondary N) is 1. The second-order valence-electron chi connectivity index (χ2n) is 3.22. The Labute approximate surface area is 103 Å². The number of nitrogens with zero attached hydrogens (tertiary/aromatic N) is 1. The van der Waals surface area contributed by atoms with Gasteiger partial charge in [-0.25, -0.2) is 17.5 Å². The van der Waals surface area contributed by atoms with Crippen LogP contribution in [0.25, 0.3) is 0 Å². The van der Waals surface area contributed by atoms with Gasteiger partial charge in [0.25, 0.3) is 5.69 Å². The lowest BCUT2D eigenvalue weighted by molar-refractivity contribution is -0.385. The van der Waals surface area contributed by atoms with Crippen molar-refractivity contribution in [2.24, 2.45) is 0 Å². The lowest BCUT2D eigenvalue weighted by Gasteiger charge is -2.05. The molecule has 1 rings (SSSR count). The van der Waals surface area contributed by atoms with Crippen LogP contribution >= 0.6 is 0 Å². The number of nitro groups is 1. The molecule has 0 amide bonds. The summed E-state index contributed by atoms with van der Waals surface area (Å²) < 4.78 is 38.8. The van der Waals surface area contributed by atoms with Gasteiger partial charge in [-0.1, -0.05) is 0 Å². The molecule has 0 spiro atoms. The van der Waals surface area contributed by atoms with E-state index in [1.54, 1.807) is 0 Å². The third-order valence-corrected chi connectivity index (χ3v) is 3.47. The van der Waals surface area contributed by atoms with Crippen molar-refractivity contribution < 1.29 is 17.7 Å². The molecule has 1 N–H and O–H groups in total. The molecule has 8 heteroatoms.